The number of halogens is 2. The number of anilines is 1. The maximum atomic E-state index is 14.2. The Morgan fingerprint density at radius 3 is 2.76 bits per heavy atom. The van der Waals surface area contributed by atoms with E-state index >= 15 is 0 Å². The SMILES string of the molecule is Fc1cc(Cl)cc2c1nc(N1CCCCC1)c1nnnn12. The molecule has 1 aromatic carbocycles. The summed E-state index contributed by atoms with van der Waals surface area (Å²) in [4.78, 5) is 6.58. The second-order valence-electron chi connectivity index (χ2n) is 5.15. The van der Waals surface area contributed by atoms with E-state index in [1.165, 1.54) is 17.0 Å². The molecule has 0 spiro atoms. The molecule has 1 aliphatic heterocycles. The van der Waals surface area contributed by atoms with E-state index in [1.54, 1.807) is 6.07 Å². The van der Waals surface area contributed by atoms with Gasteiger partial charge in [0.15, 0.2) is 11.6 Å². The van der Waals surface area contributed by atoms with E-state index in [-0.39, 0.29) is 5.52 Å². The lowest BCUT2D eigenvalue weighted by Gasteiger charge is -2.27. The van der Waals surface area contributed by atoms with Crippen molar-refractivity contribution in [1.82, 2.24) is 25.0 Å². The number of benzene rings is 1. The van der Waals surface area contributed by atoms with Gasteiger partial charge in [-0.1, -0.05) is 11.6 Å². The Morgan fingerprint density at radius 1 is 1.14 bits per heavy atom. The van der Waals surface area contributed by atoms with Gasteiger partial charge in [0.05, 0.1) is 5.52 Å². The van der Waals surface area contributed by atoms with E-state index in [1.807, 2.05) is 0 Å². The number of aromatic nitrogens is 5. The van der Waals surface area contributed by atoms with Crippen molar-refractivity contribution in [3.63, 3.8) is 0 Å². The van der Waals surface area contributed by atoms with Crippen LogP contribution in [0.1, 0.15) is 19.3 Å². The minimum atomic E-state index is -0.465. The van der Waals surface area contributed by atoms with Gasteiger partial charge in [-0.15, -0.1) is 5.10 Å². The van der Waals surface area contributed by atoms with E-state index in [0.29, 0.717) is 22.0 Å². The zero-order valence-corrected chi connectivity index (χ0v) is 11.9. The van der Waals surface area contributed by atoms with Gasteiger partial charge in [0.1, 0.15) is 5.52 Å². The van der Waals surface area contributed by atoms with Crippen molar-refractivity contribution in [3.05, 3.63) is 23.0 Å². The molecular formula is C13H12ClFN6. The normalized spacial score (nSPS) is 16.0. The fraction of sp³-hybridized carbons (Fsp3) is 0.385. The summed E-state index contributed by atoms with van der Waals surface area (Å²) in [5.74, 6) is 0.168. The first-order chi connectivity index (χ1) is 10.2. The molecule has 21 heavy (non-hydrogen) atoms. The van der Waals surface area contributed by atoms with Crippen LogP contribution in [0.3, 0.4) is 0 Å². The zero-order valence-electron chi connectivity index (χ0n) is 11.1. The van der Waals surface area contributed by atoms with Gasteiger partial charge >= 0.3 is 0 Å². The van der Waals surface area contributed by atoms with Crippen molar-refractivity contribution in [2.75, 3.05) is 18.0 Å². The largest absolute Gasteiger partial charge is 0.353 e. The minimum Gasteiger partial charge on any atom is -0.353 e. The van der Waals surface area contributed by atoms with Gasteiger partial charge in [0.25, 0.3) is 0 Å². The molecule has 0 bridgehead atoms. The first-order valence-corrected chi connectivity index (χ1v) is 7.23. The molecule has 0 unspecified atom stereocenters. The molecule has 0 amide bonds. The van der Waals surface area contributed by atoms with Crippen LogP contribution < -0.4 is 4.90 Å². The van der Waals surface area contributed by atoms with Crippen LogP contribution >= 0.6 is 11.6 Å². The highest BCUT2D eigenvalue weighted by Crippen LogP contribution is 2.28. The molecule has 0 saturated carbocycles. The molecule has 6 nitrogen and oxygen atoms in total. The van der Waals surface area contributed by atoms with E-state index in [4.69, 9.17) is 11.6 Å². The Labute approximate surface area is 124 Å². The summed E-state index contributed by atoms with van der Waals surface area (Å²) in [6, 6.07) is 2.88. The van der Waals surface area contributed by atoms with Crippen molar-refractivity contribution in [2.45, 2.75) is 19.3 Å². The molecule has 1 saturated heterocycles. The van der Waals surface area contributed by atoms with Gasteiger partial charge in [-0.25, -0.2) is 9.37 Å². The third-order valence-corrected chi connectivity index (χ3v) is 4.00. The predicted molar refractivity (Wildman–Crippen MR) is 77.1 cm³/mol. The Morgan fingerprint density at radius 2 is 1.95 bits per heavy atom. The molecule has 1 fully saturated rings. The summed E-state index contributed by atoms with van der Waals surface area (Å²) in [5.41, 5.74) is 1.24. The Kier molecular flexibility index (Phi) is 2.88. The van der Waals surface area contributed by atoms with Crippen LogP contribution in [0.15, 0.2) is 12.1 Å². The molecule has 3 aromatic rings. The molecule has 0 N–H and O–H groups in total. The Balaban J connectivity index is 2.03. The molecule has 8 heteroatoms. The number of rotatable bonds is 1. The van der Waals surface area contributed by atoms with Crippen molar-refractivity contribution in [1.29, 1.82) is 0 Å². The summed E-state index contributed by atoms with van der Waals surface area (Å²) in [6.45, 7) is 1.77. The molecule has 3 heterocycles. The number of tetrazole rings is 1. The second kappa shape index (κ2) is 4.77. The van der Waals surface area contributed by atoms with Crippen LogP contribution in [0.25, 0.3) is 16.7 Å². The average molecular weight is 307 g/mol. The van der Waals surface area contributed by atoms with Crippen LogP contribution in [0.4, 0.5) is 10.2 Å². The molecular weight excluding hydrogens is 295 g/mol. The van der Waals surface area contributed by atoms with E-state index in [0.717, 1.165) is 25.9 Å². The third-order valence-electron chi connectivity index (χ3n) is 3.78. The molecule has 1 aliphatic rings. The van der Waals surface area contributed by atoms with Gasteiger partial charge in [-0.3, -0.25) is 0 Å². The number of piperidine rings is 1. The maximum absolute atomic E-state index is 14.2. The van der Waals surface area contributed by atoms with Crippen LogP contribution in [-0.4, -0.2) is 38.1 Å². The zero-order chi connectivity index (χ0) is 14.4. The Hall–Kier alpha value is -2.02. The molecule has 0 aliphatic carbocycles. The monoisotopic (exact) mass is 306 g/mol. The minimum absolute atomic E-state index is 0.236. The van der Waals surface area contributed by atoms with Crippen LogP contribution in [-0.2, 0) is 0 Å². The number of hydrogen-bond donors (Lipinski definition) is 0. The predicted octanol–water partition coefficient (Wildman–Crippen LogP) is 2.46. The lowest BCUT2D eigenvalue weighted by atomic mass is 10.1. The van der Waals surface area contributed by atoms with E-state index in [2.05, 4.69) is 25.4 Å². The average Bonchev–Trinajstić information content (AvgIpc) is 2.97. The summed E-state index contributed by atoms with van der Waals surface area (Å²) in [6.07, 6.45) is 3.39. The molecule has 0 atom stereocenters. The fourth-order valence-electron chi connectivity index (χ4n) is 2.79. The van der Waals surface area contributed by atoms with Crippen LogP contribution in [0.2, 0.25) is 5.02 Å². The highest BCUT2D eigenvalue weighted by atomic mass is 35.5. The number of nitrogens with zero attached hydrogens (tertiary/aromatic N) is 6. The fourth-order valence-corrected chi connectivity index (χ4v) is 2.99. The van der Waals surface area contributed by atoms with Gasteiger partial charge in [-0.2, -0.15) is 4.52 Å². The van der Waals surface area contributed by atoms with Crippen LogP contribution in [0, 0.1) is 5.82 Å². The topological polar surface area (TPSA) is 59.2 Å². The van der Waals surface area contributed by atoms with E-state index < -0.39 is 5.82 Å². The molecule has 2 aromatic heterocycles. The summed E-state index contributed by atoms with van der Waals surface area (Å²) >= 11 is 5.92. The maximum Gasteiger partial charge on any atom is 0.222 e. The first-order valence-electron chi connectivity index (χ1n) is 6.86. The van der Waals surface area contributed by atoms with Gasteiger partial charge < -0.3 is 4.90 Å². The van der Waals surface area contributed by atoms with Gasteiger partial charge in [-0.05, 0) is 41.8 Å². The highest BCUT2D eigenvalue weighted by molar-refractivity contribution is 6.31. The third kappa shape index (κ3) is 1.99. The first kappa shape index (κ1) is 12.7. The molecule has 108 valence electrons. The number of hydrogen-bond acceptors (Lipinski definition) is 5. The lowest BCUT2D eigenvalue weighted by molar-refractivity contribution is 0.573. The summed E-state index contributed by atoms with van der Waals surface area (Å²) in [5, 5.41) is 12.0. The van der Waals surface area contributed by atoms with Gasteiger partial charge in [0, 0.05) is 18.1 Å². The van der Waals surface area contributed by atoms with Crippen molar-refractivity contribution in [2.24, 2.45) is 0 Å². The van der Waals surface area contributed by atoms with E-state index in [9.17, 15) is 4.39 Å². The van der Waals surface area contributed by atoms with Crippen molar-refractivity contribution in [3.8, 4) is 0 Å². The summed E-state index contributed by atoms with van der Waals surface area (Å²) in [7, 11) is 0. The standard InChI is InChI=1S/C13H12ClFN6/c14-8-6-9(15)11-10(7-8)21-13(17-18-19-21)12(16-11)20-4-2-1-3-5-20/h6-7H,1-5H2. The lowest BCUT2D eigenvalue weighted by Crippen LogP contribution is -2.30. The second-order valence-corrected chi connectivity index (χ2v) is 5.59. The quantitative estimate of drug-likeness (QED) is 0.691. The van der Waals surface area contributed by atoms with Gasteiger partial charge in [0.2, 0.25) is 5.65 Å². The van der Waals surface area contributed by atoms with Crippen molar-refractivity contribution >= 4 is 34.1 Å². The summed E-state index contributed by atoms with van der Waals surface area (Å²) < 4.78 is 15.7. The molecule has 0 radical (unpaired) electrons. The molecule has 4 rings (SSSR count). The van der Waals surface area contributed by atoms with Crippen molar-refractivity contribution < 1.29 is 4.39 Å². The highest BCUT2D eigenvalue weighted by Gasteiger charge is 2.21. The van der Waals surface area contributed by atoms with Crippen LogP contribution in [0.5, 0.6) is 0 Å². The Bertz CT molecular complexity index is 826. The number of fused-ring (bicyclic) bond motifs is 3. The smallest absolute Gasteiger partial charge is 0.222 e.